The molecule has 1 aromatic carbocycles. The Kier molecular flexibility index (Phi) is 6.35. The van der Waals surface area contributed by atoms with E-state index in [0.29, 0.717) is 0 Å². The van der Waals surface area contributed by atoms with E-state index in [-0.39, 0.29) is 34.7 Å². The van der Waals surface area contributed by atoms with Crippen molar-refractivity contribution in [2.45, 2.75) is 40.7 Å². The largest absolute Gasteiger partial charge is 0.317 e. The lowest BCUT2D eigenvalue weighted by Crippen LogP contribution is -2.25. The van der Waals surface area contributed by atoms with Gasteiger partial charge in [-0.1, -0.05) is 51.2 Å². The molecule has 0 aliphatic carbocycles. The number of nitrogens with zero attached hydrogens (tertiary/aromatic N) is 2. The number of aromatic nitrogens is 1. The molecule has 116 valence electrons. The normalized spacial score (nSPS) is 12.5. The van der Waals surface area contributed by atoms with Crippen LogP contribution >= 0.6 is 28.3 Å². The molecule has 0 saturated carbocycles. The van der Waals surface area contributed by atoms with Gasteiger partial charge < -0.3 is 4.57 Å². The van der Waals surface area contributed by atoms with Gasteiger partial charge in [-0.3, -0.25) is 9.79 Å². The van der Waals surface area contributed by atoms with Crippen LogP contribution in [0.3, 0.4) is 0 Å². The number of aryl methyl sites for hydroxylation is 1. The number of carbonyl (C=O) groups excluding carboxylic acids is 1. The van der Waals surface area contributed by atoms with Gasteiger partial charge in [0.2, 0.25) is 0 Å². The zero-order valence-corrected chi connectivity index (χ0v) is 15.6. The predicted molar refractivity (Wildman–Crippen MR) is 95.3 cm³/mol. The minimum absolute atomic E-state index is 0. The summed E-state index contributed by atoms with van der Waals surface area (Å²) in [4.78, 5) is 17.5. The van der Waals surface area contributed by atoms with Gasteiger partial charge in [0, 0.05) is 12.0 Å². The standard InChI is InChI=1S/C16H22N2OS.BrH/c1-5-10-18-12-8-6-7-9-13(12)20-15(18)17-11-14(19)16(2,3)4;/h6-9H,5,10-11H2,1-4H3;1H. The van der Waals surface area contributed by atoms with E-state index in [1.54, 1.807) is 11.3 Å². The fourth-order valence-corrected chi connectivity index (χ4v) is 3.01. The highest BCUT2D eigenvalue weighted by Crippen LogP contribution is 2.17. The van der Waals surface area contributed by atoms with E-state index < -0.39 is 0 Å². The number of Topliss-reactive ketones (excluding diaryl/α,β-unsaturated/α-hetero) is 1. The van der Waals surface area contributed by atoms with Crippen LogP contribution in [0.2, 0.25) is 0 Å². The molecule has 0 amide bonds. The average molecular weight is 371 g/mol. The van der Waals surface area contributed by atoms with Crippen LogP contribution in [0.1, 0.15) is 34.1 Å². The number of carbonyl (C=O) groups is 1. The lowest BCUT2D eigenvalue weighted by Gasteiger charge is -2.14. The van der Waals surface area contributed by atoms with E-state index in [9.17, 15) is 4.79 Å². The Morgan fingerprint density at radius 3 is 2.57 bits per heavy atom. The number of ketones is 1. The van der Waals surface area contributed by atoms with E-state index in [2.05, 4.69) is 28.6 Å². The Morgan fingerprint density at radius 2 is 1.95 bits per heavy atom. The molecular formula is C16H23BrN2OS. The van der Waals surface area contributed by atoms with Crippen molar-refractivity contribution in [1.29, 1.82) is 0 Å². The van der Waals surface area contributed by atoms with Crippen molar-refractivity contribution in [3.63, 3.8) is 0 Å². The number of benzene rings is 1. The summed E-state index contributed by atoms with van der Waals surface area (Å²) in [5, 5.41) is 0. The van der Waals surface area contributed by atoms with Crippen molar-refractivity contribution in [2.24, 2.45) is 10.4 Å². The molecule has 0 aliphatic heterocycles. The first-order valence-electron chi connectivity index (χ1n) is 7.05. The predicted octanol–water partition coefficient (Wildman–Crippen LogP) is 4.21. The maximum atomic E-state index is 12.0. The van der Waals surface area contributed by atoms with Gasteiger partial charge in [-0.2, -0.15) is 0 Å². The summed E-state index contributed by atoms with van der Waals surface area (Å²) in [6.45, 7) is 9.18. The summed E-state index contributed by atoms with van der Waals surface area (Å²) in [6, 6.07) is 8.31. The third-order valence-electron chi connectivity index (χ3n) is 3.23. The summed E-state index contributed by atoms with van der Waals surface area (Å²) in [5.74, 6) is 0.179. The van der Waals surface area contributed by atoms with Gasteiger partial charge in [0.15, 0.2) is 10.6 Å². The van der Waals surface area contributed by atoms with Gasteiger partial charge in [0.1, 0.15) is 6.54 Å². The Balaban J connectivity index is 0.00000220. The zero-order chi connectivity index (χ0) is 14.8. The third-order valence-corrected chi connectivity index (χ3v) is 4.33. The Labute approximate surface area is 140 Å². The van der Waals surface area contributed by atoms with Crippen LogP contribution in [0.5, 0.6) is 0 Å². The molecule has 0 aliphatic rings. The summed E-state index contributed by atoms with van der Waals surface area (Å²) in [5.41, 5.74) is 0.886. The molecule has 0 atom stereocenters. The van der Waals surface area contributed by atoms with Crippen LogP contribution in [0.25, 0.3) is 10.2 Å². The maximum Gasteiger partial charge on any atom is 0.186 e. The molecule has 2 rings (SSSR count). The monoisotopic (exact) mass is 370 g/mol. The lowest BCUT2D eigenvalue weighted by atomic mass is 9.91. The van der Waals surface area contributed by atoms with Crippen LogP contribution in [0, 0.1) is 5.41 Å². The first-order chi connectivity index (χ1) is 9.43. The highest BCUT2D eigenvalue weighted by atomic mass is 79.9. The van der Waals surface area contributed by atoms with E-state index >= 15 is 0 Å². The number of halogens is 1. The Hall–Kier alpha value is -0.940. The number of thiazole rings is 1. The minimum atomic E-state index is -0.324. The van der Waals surface area contributed by atoms with E-state index in [4.69, 9.17) is 0 Å². The molecule has 0 unspecified atom stereocenters. The quantitative estimate of drug-likeness (QED) is 0.793. The van der Waals surface area contributed by atoms with Gasteiger partial charge in [0.25, 0.3) is 0 Å². The number of hydrogen-bond acceptors (Lipinski definition) is 3. The molecule has 0 fully saturated rings. The van der Waals surface area contributed by atoms with Crippen molar-refractivity contribution in [2.75, 3.05) is 6.54 Å². The van der Waals surface area contributed by atoms with Crippen LogP contribution in [-0.2, 0) is 11.3 Å². The fraction of sp³-hybridized carbons (Fsp3) is 0.500. The summed E-state index contributed by atoms with van der Waals surface area (Å²) >= 11 is 1.66. The van der Waals surface area contributed by atoms with E-state index in [1.807, 2.05) is 32.9 Å². The van der Waals surface area contributed by atoms with Gasteiger partial charge in [-0.25, -0.2) is 0 Å². The third kappa shape index (κ3) is 4.27. The molecule has 5 heteroatoms. The van der Waals surface area contributed by atoms with E-state index in [0.717, 1.165) is 17.8 Å². The average Bonchev–Trinajstić information content (AvgIpc) is 2.74. The van der Waals surface area contributed by atoms with Crippen molar-refractivity contribution < 1.29 is 4.79 Å². The zero-order valence-electron chi connectivity index (χ0n) is 13.0. The molecule has 3 nitrogen and oxygen atoms in total. The smallest absolute Gasteiger partial charge is 0.186 e. The molecular weight excluding hydrogens is 348 g/mol. The fourth-order valence-electron chi connectivity index (χ4n) is 1.96. The molecule has 21 heavy (non-hydrogen) atoms. The SMILES string of the molecule is Br.CCCn1c(=NCC(=O)C(C)(C)C)sc2ccccc21. The number of fused-ring (bicyclic) bond motifs is 1. The lowest BCUT2D eigenvalue weighted by molar-refractivity contribution is -0.124. The molecule has 2 aromatic rings. The molecule has 0 radical (unpaired) electrons. The van der Waals surface area contributed by atoms with Crippen LogP contribution in [0.15, 0.2) is 29.3 Å². The van der Waals surface area contributed by atoms with Crippen molar-refractivity contribution in [3.05, 3.63) is 29.1 Å². The first kappa shape index (κ1) is 18.1. The number of rotatable bonds is 4. The second-order valence-corrected chi connectivity index (χ2v) is 7.00. The van der Waals surface area contributed by atoms with Crippen LogP contribution in [-0.4, -0.2) is 16.9 Å². The topological polar surface area (TPSA) is 34.4 Å². The molecule has 1 aromatic heterocycles. The minimum Gasteiger partial charge on any atom is -0.317 e. The van der Waals surface area contributed by atoms with Gasteiger partial charge in [-0.05, 0) is 18.6 Å². The summed E-state index contributed by atoms with van der Waals surface area (Å²) in [7, 11) is 0. The van der Waals surface area contributed by atoms with Crippen molar-refractivity contribution >= 4 is 44.3 Å². The van der Waals surface area contributed by atoms with Crippen molar-refractivity contribution in [3.8, 4) is 0 Å². The molecule has 1 heterocycles. The molecule has 0 saturated heterocycles. The van der Waals surface area contributed by atoms with Crippen LogP contribution < -0.4 is 4.80 Å². The van der Waals surface area contributed by atoms with Crippen LogP contribution in [0.4, 0.5) is 0 Å². The van der Waals surface area contributed by atoms with E-state index in [1.165, 1.54) is 10.2 Å². The first-order valence-corrected chi connectivity index (χ1v) is 7.87. The number of hydrogen-bond donors (Lipinski definition) is 0. The second-order valence-electron chi connectivity index (χ2n) is 5.99. The molecule has 0 spiro atoms. The van der Waals surface area contributed by atoms with Gasteiger partial charge in [0.05, 0.1) is 10.2 Å². The van der Waals surface area contributed by atoms with Gasteiger partial charge in [-0.15, -0.1) is 17.0 Å². The Bertz CT molecular complexity index is 679. The molecule has 0 bridgehead atoms. The highest BCUT2D eigenvalue weighted by molar-refractivity contribution is 8.93. The summed E-state index contributed by atoms with van der Waals surface area (Å²) in [6.07, 6.45) is 1.06. The van der Waals surface area contributed by atoms with Crippen molar-refractivity contribution in [1.82, 2.24) is 4.57 Å². The van der Waals surface area contributed by atoms with Gasteiger partial charge >= 0.3 is 0 Å². The molecule has 0 N–H and O–H groups in total. The summed E-state index contributed by atoms with van der Waals surface area (Å²) < 4.78 is 3.44. The highest BCUT2D eigenvalue weighted by Gasteiger charge is 2.20. The Morgan fingerprint density at radius 1 is 1.29 bits per heavy atom. The number of para-hydroxylation sites is 1. The second kappa shape index (κ2) is 7.36. The maximum absolute atomic E-state index is 12.0.